The largest absolute Gasteiger partial charge is 0.389 e. The Balaban J connectivity index is 1.81. The number of aliphatic hydroxyl groups excluding tert-OH is 1. The lowest BCUT2D eigenvalue weighted by molar-refractivity contribution is -0.0748. The number of hydrogen-bond donors (Lipinski definition) is 2. The summed E-state index contributed by atoms with van der Waals surface area (Å²) in [5.41, 5.74) is 0.711. The van der Waals surface area contributed by atoms with Crippen LogP contribution >= 0.6 is 0 Å². The van der Waals surface area contributed by atoms with Gasteiger partial charge in [-0.25, -0.2) is 0 Å². The lowest BCUT2D eigenvalue weighted by atomic mass is 9.70. The van der Waals surface area contributed by atoms with E-state index < -0.39 is 6.10 Å². The molecule has 0 spiro atoms. The molecule has 0 aromatic heterocycles. The standard InChI is InChI=1S/C17H33NO2/c1-15(2,3)18-10-13(19)11-20-14-9-12-7-8-17(14,6)16(12,4)5/h12-14,18-19H,7-11H2,1-6H3/t12-,13+,14+,17-/m0/s1. The van der Waals surface area contributed by atoms with Crippen LogP contribution in [-0.2, 0) is 4.74 Å². The zero-order chi connectivity index (χ0) is 15.2. The maximum atomic E-state index is 10.1. The molecule has 4 atom stereocenters. The van der Waals surface area contributed by atoms with Crippen molar-refractivity contribution < 1.29 is 9.84 Å². The number of ether oxygens (including phenoxy) is 1. The van der Waals surface area contributed by atoms with Gasteiger partial charge < -0.3 is 15.2 Å². The van der Waals surface area contributed by atoms with Crippen LogP contribution in [0.5, 0.6) is 0 Å². The monoisotopic (exact) mass is 283 g/mol. The molecule has 0 radical (unpaired) electrons. The maximum Gasteiger partial charge on any atom is 0.0898 e. The van der Waals surface area contributed by atoms with E-state index in [1.807, 2.05) is 0 Å². The van der Waals surface area contributed by atoms with Crippen LogP contribution in [0.2, 0.25) is 0 Å². The number of β-amino-alcohol motifs (C(OH)–C–C–N with tert-alkyl or cyclic N) is 1. The first-order valence-electron chi connectivity index (χ1n) is 8.11. The lowest BCUT2D eigenvalue weighted by Crippen LogP contribution is -2.43. The number of nitrogens with one attached hydrogen (secondary N) is 1. The highest BCUT2D eigenvalue weighted by atomic mass is 16.5. The van der Waals surface area contributed by atoms with Crippen molar-refractivity contribution in [1.82, 2.24) is 5.32 Å². The fourth-order valence-electron chi connectivity index (χ4n) is 4.09. The predicted molar refractivity (Wildman–Crippen MR) is 82.7 cm³/mol. The number of fused-ring (bicyclic) bond motifs is 2. The Kier molecular flexibility index (Phi) is 4.27. The zero-order valence-corrected chi connectivity index (χ0v) is 14.1. The van der Waals surface area contributed by atoms with Crippen molar-refractivity contribution in [1.29, 1.82) is 0 Å². The van der Waals surface area contributed by atoms with Crippen LogP contribution in [0.25, 0.3) is 0 Å². The van der Waals surface area contributed by atoms with Crippen LogP contribution in [-0.4, -0.2) is 36.0 Å². The number of hydrogen-bond acceptors (Lipinski definition) is 3. The molecule has 2 bridgehead atoms. The van der Waals surface area contributed by atoms with E-state index in [0.717, 1.165) is 5.92 Å². The second-order valence-electron chi connectivity index (χ2n) is 8.72. The first-order chi connectivity index (χ1) is 9.06. The highest BCUT2D eigenvalue weighted by Gasteiger charge is 2.61. The molecule has 2 aliphatic carbocycles. The topological polar surface area (TPSA) is 41.5 Å². The summed E-state index contributed by atoms with van der Waals surface area (Å²) in [6.07, 6.45) is 3.69. The van der Waals surface area contributed by atoms with Gasteiger partial charge in [-0.15, -0.1) is 0 Å². The average molecular weight is 283 g/mol. The van der Waals surface area contributed by atoms with Crippen molar-refractivity contribution in [2.75, 3.05) is 13.2 Å². The lowest BCUT2D eigenvalue weighted by Gasteiger charge is -2.39. The van der Waals surface area contributed by atoms with Gasteiger partial charge in [0.1, 0.15) is 0 Å². The summed E-state index contributed by atoms with van der Waals surface area (Å²) in [6, 6.07) is 0. The molecule has 2 rings (SSSR count). The molecular formula is C17H33NO2. The van der Waals surface area contributed by atoms with Crippen LogP contribution in [0.3, 0.4) is 0 Å². The molecule has 3 nitrogen and oxygen atoms in total. The molecule has 0 heterocycles. The van der Waals surface area contributed by atoms with Crippen LogP contribution in [0, 0.1) is 16.7 Å². The van der Waals surface area contributed by atoms with Gasteiger partial charge in [-0.05, 0) is 56.8 Å². The van der Waals surface area contributed by atoms with E-state index in [1.54, 1.807) is 0 Å². The summed E-state index contributed by atoms with van der Waals surface area (Å²) in [4.78, 5) is 0. The van der Waals surface area contributed by atoms with Crippen molar-refractivity contribution in [3.05, 3.63) is 0 Å². The molecule has 0 aromatic rings. The Bertz CT molecular complexity index is 347. The van der Waals surface area contributed by atoms with Gasteiger partial charge in [0.15, 0.2) is 0 Å². The van der Waals surface area contributed by atoms with E-state index in [2.05, 4.69) is 46.9 Å². The van der Waals surface area contributed by atoms with Crippen LogP contribution in [0.1, 0.15) is 60.8 Å². The second kappa shape index (κ2) is 5.26. The zero-order valence-electron chi connectivity index (χ0n) is 14.1. The first-order valence-corrected chi connectivity index (χ1v) is 8.11. The van der Waals surface area contributed by atoms with Crippen molar-refractivity contribution in [2.24, 2.45) is 16.7 Å². The Labute approximate surface area is 124 Å². The summed E-state index contributed by atoms with van der Waals surface area (Å²) in [7, 11) is 0. The Morgan fingerprint density at radius 2 is 1.95 bits per heavy atom. The molecular weight excluding hydrogens is 250 g/mol. The molecule has 0 unspecified atom stereocenters. The molecule has 0 amide bonds. The van der Waals surface area contributed by atoms with E-state index in [4.69, 9.17) is 4.74 Å². The minimum atomic E-state index is -0.417. The van der Waals surface area contributed by atoms with Crippen molar-refractivity contribution in [2.45, 2.75) is 78.6 Å². The van der Waals surface area contributed by atoms with Crippen molar-refractivity contribution in [3.8, 4) is 0 Å². The minimum absolute atomic E-state index is 0.0430. The highest BCUT2D eigenvalue weighted by Crippen LogP contribution is 2.66. The fraction of sp³-hybridized carbons (Fsp3) is 1.00. The third kappa shape index (κ3) is 2.90. The van der Waals surface area contributed by atoms with Gasteiger partial charge in [0, 0.05) is 12.1 Å². The molecule has 2 aliphatic rings. The highest BCUT2D eigenvalue weighted by molar-refractivity contribution is 5.11. The molecule has 0 aromatic carbocycles. The molecule has 20 heavy (non-hydrogen) atoms. The molecule has 0 aliphatic heterocycles. The summed E-state index contributed by atoms with van der Waals surface area (Å²) in [6.45, 7) is 14.5. The van der Waals surface area contributed by atoms with Crippen LogP contribution < -0.4 is 5.32 Å². The third-order valence-corrected chi connectivity index (χ3v) is 6.07. The second-order valence-corrected chi connectivity index (χ2v) is 8.72. The van der Waals surface area contributed by atoms with E-state index in [1.165, 1.54) is 19.3 Å². The SMILES string of the molecule is CC(C)(C)NC[C@@H](O)CO[C@@H]1C[C@@H]2CC[C@]1(C)C2(C)C. The first kappa shape index (κ1) is 16.3. The molecule has 2 N–H and O–H groups in total. The smallest absolute Gasteiger partial charge is 0.0898 e. The van der Waals surface area contributed by atoms with Gasteiger partial charge in [-0.2, -0.15) is 0 Å². The Hall–Kier alpha value is -0.120. The van der Waals surface area contributed by atoms with Crippen molar-refractivity contribution >= 4 is 0 Å². The van der Waals surface area contributed by atoms with Gasteiger partial charge in [0.05, 0.1) is 18.8 Å². The van der Waals surface area contributed by atoms with Gasteiger partial charge in [0.25, 0.3) is 0 Å². The Morgan fingerprint density at radius 1 is 1.30 bits per heavy atom. The average Bonchev–Trinajstić information content (AvgIpc) is 2.65. The number of aliphatic hydroxyl groups is 1. The quantitative estimate of drug-likeness (QED) is 0.815. The van der Waals surface area contributed by atoms with E-state index in [-0.39, 0.29) is 11.0 Å². The molecule has 0 saturated heterocycles. The number of rotatable bonds is 5. The van der Waals surface area contributed by atoms with Gasteiger partial charge in [-0.3, -0.25) is 0 Å². The van der Waals surface area contributed by atoms with E-state index >= 15 is 0 Å². The van der Waals surface area contributed by atoms with E-state index in [0.29, 0.717) is 24.7 Å². The molecule has 2 saturated carbocycles. The summed E-state index contributed by atoms with van der Waals surface area (Å²) < 4.78 is 6.11. The third-order valence-electron chi connectivity index (χ3n) is 6.07. The van der Waals surface area contributed by atoms with Crippen molar-refractivity contribution in [3.63, 3.8) is 0 Å². The van der Waals surface area contributed by atoms with E-state index in [9.17, 15) is 5.11 Å². The Morgan fingerprint density at radius 3 is 2.40 bits per heavy atom. The minimum Gasteiger partial charge on any atom is -0.389 e. The summed E-state index contributed by atoms with van der Waals surface area (Å²) in [5.74, 6) is 0.794. The molecule has 2 fully saturated rings. The fourth-order valence-corrected chi connectivity index (χ4v) is 4.09. The van der Waals surface area contributed by atoms with Gasteiger partial charge in [0.2, 0.25) is 0 Å². The predicted octanol–water partition coefficient (Wildman–Crippen LogP) is 2.97. The molecule has 118 valence electrons. The summed E-state index contributed by atoms with van der Waals surface area (Å²) >= 11 is 0. The van der Waals surface area contributed by atoms with Crippen LogP contribution in [0.15, 0.2) is 0 Å². The van der Waals surface area contributed by atoms with Gasteiger partial charge in [-0.1, -0.05) is 20.8 Å². The maximum absolute atomic E-state index is 10.1. The van der Waals surface area contributed by atoms with Crippen LogP contribution in [0.4, 0.5) is 0 Å². The summed E-state index contributed by atoms with van der Waals surface area (Å²) in [5, 5.41) is 13.4. The normalized spacial score (nSPS) is 37.4. The van der Waals surface area contributed by atoms with Gasteiger partial charge >= 0.3 is 0 Å². The molecule has 3 heteroatoms.